The van der Waals surface area contributed by atoms with Gasteiger partial charge in [-0.3, -0.25) is 4.57 Å². The van der Waals surface area contributed by atoms with E-state index < -0.39 is 5.97 Å². The predicted molar refractivity (Wildman–Crippen MR) is 101 cm³/mol. The number of anilines is 1. The van der Waals surface area contributed by atoms with E-state index in [9.17, 15) is 4.79 Å². The van der Waals surface area contributed by atoms with Gasteiger partial charge in [-0.15, -0.1) is 11.8 Å². The number of hydrogen-bond acceptors (Lipinski definition) is 9. The number of rotatable bonds is 4. The van der Waals surface area contributed by atoms with Crippen LogP contribution in [0.3, 0.4) is 0 Å². The third-order valence-corrected chi connectivity index (χ3v) is 5.00. The molecule has 3 aromatic rings. The Morgan fingerprint density at radius 1 is 1.22 bits per heavy atom. The van der Waals surface area contributed by atoms with Gasteiger partial charge in [-0.2, -0.15) is 4.98 Å². The summed E-state index contributed by atoms with van der Waals surface area (Å²) in [5.41, 5.74) is 1.51. The summed E-state index contributed by atoms with van der Waals surface area (Å²) < 4.78 is 12.1. The lowest BCUT2D eigenvalue weighted by Gasteiger charge is -2.28. The van der Waals surface area contributed by atoms with Crippen molar-refractivity contribution in [2.24, 2.45) is 0 Å². The van der Waals surface area contributed by atoms with E-state index in [0.717, 1.165) is 4.90 Å². The van der Waals surface area contributed by atoms with Gasteiger partial charge in [0.2, 0.25) is 5.95 Å². The zero-order valence-electron chi connectivity index (χ0n) is 15.0. The zero-order chi connectivity index (χ0) is 18.8. The van der Waals surface area contributed by atoms with Crippen LogP contribution in [-0.2, 0) is 9.47 Å². The van der Waals surface area contributed by atoms with Crippen molar-refractivity contribution in [1.29, 1.82) is 0 Å². The van der Waals surface area contributed by atoms with Crippen molar-refractivity contribution in [3.05, 3.63) is 30.5 Å². The fraction of sp³-hybridized carbons (Fsp3) is 0.353. The summed E-state index contributed by atoms with van der Waals surface area (Å²) in [6.07, 6.45) is 7.05. The minimum absolute atomic E-state index is 0.239. The average Bonchev–Trinajstić information content (AvgIpc) is 3.27. The normalized spacial score (nSPS) is 14.5. The first kappa shape index (κ1) is 17.7. The largest absolute Gasteiger partial charge is 0.464 e. The predicted octanol–water partition coefficient (Wildman–Crippen LogP) is 1.56. The molecule has 0 atom stereocenters. The number of carbonyl (C=O) groups excluding carboxylic acids is 1. The van der Waals surface area contributed by atoms with Crippen LogP contribution in [0.5, 0.6) is 0 Å². The van der Waals surface area contributed by atoms with Gasteiger partial charge in [0.15, 0.2) is 5.82 Å². The number of thioether (sulfide) groups is 1. The van der Waals surface area contributed by atoms with Crippen molar-refractivity contribution in [3.63, 3.8) is 0 Å². The Morgan fingerprint density at radius 2 is 2.04 bits per heavy atom. The highest BCUT2D eigenvalue weighted by Crippen LogP contribution is 2.31. The van der Waals surface area contributed by atoms with Crippen LogP contribution in [-0.4, -0.2) is 70.1 Å². The Hall–Kier alpha value is -2.72. The molecule has 10 heteroatoms. The molecule has 0 N–H and O–H groups in total. The fourth-order valence-electron chi connectivity index (χ4n) is 2.90. The second-order valence-electron chi connectivity index (χ2n) is 5.82. The summed E-state index contributed by atoms with van der Waals surface area (Å²) in [5.74, 6) is 0.691. The Labute approximate surface area is 159 Å². The molecule has 0 bridgehead atoms. The molecule has 27 heavy (non-hydrogen) atoms. The second-order valence-corrected chi connectivity index (χ2v) is 6.66. The smallest absolute Gasteiger partial charge is 0.356 e. The molecule has 1 fully saturated rings. The molecule has 1 saturated heterocycles. The van der Waals surface area contributed by atoms with E-state index in [0.29, 0.717) is 49.1 Å². The standard InChI is InChI=1S/C17H18N6O3S/c1-25-16(24)11-9-12(27-2)13-14(19-11)15(22-5-7-26-8-6-22)21-17(20-13)23-4-3-18-10-23/h3-4,9-10H,5-8H2,1-2H3. The van der Waals surface area contributed by atoms with Crippen LogP contribution < -0.4 is 4.90 Å². The average molecular weight is 386 g/mol. The molecular formula is C17H18N6O3S. The molecule has 0 unspecified atom stereocenters. The minimum atomic E-state index is -0.487. The van der Waals surface area contributed by atoms with Crippen molar-refractivity contribution >= 4 is 34.6 Å². The van der Waals surface area contributed by atoms with Crippen LogP contribution in [0.25, 0.3) is 17.0 Å². The highest BCUT2D eigenvalue weighted by atomic mass is 32.2. The SMILES string of the molecule is COC(=O)c1cc(SC)c2nc(-n3ccnc3)nc(N3CCOCC3)c2n1. The van der Waals surface area contributed by atoms with E-state index in [1.807, 2.05) is 6.26 Å². The third kappa shape index (κ3) is 3.33. The molecule has 0 radical (unpaired) electrons. The van der Waals surface area contributed by atoms with Crippen LogP contribution in [0.1, 0.15) is 10.5 Å². The van der Waals surface area contributed by atoms with E-state index in [1.54, 1.807) is 29.4 Å². The summed E-state index contributed by atoms with van der Waals surface area (Å²) in [6.45, 7) is 2.60. The second kappa shape index (κ2) is 7.49. The number of esters is 1. The molecule has 0 spiro atoms. The molecule has 9 nitrogen and oxygen atoms in total. The Morgan fingerprint density at radius 3 is 2.70 bits per heavy atom. The molecule has 0 amide bonds. The molecule has 140 valence electrons. The van der Waals surface area contributed by atoms with Crippen LogP contribution in [0.15, 0.2) is 29.7 Å². The van der Waals surface area contributed by atoms with Gasteiger partial charge in [0.25, 0.3) is 0 Å². The fourth-order valence-corrected chi connectivity index (χ4v) is 3.47. The Balaban J connectivity index is 1.98. The third-order valence-electron chi connectivity index (χ3n) is 4.25. The number of fused-ring (bicyclic) bond motifs is 1. The lowest BCUT2D eigenvalue weighted by Crippen LogP contribution is -2.37. The van der Waals surface area contributed by atoms with Gasteiger partial charge >= 0.3 is 5.97 Å². The highest BCUT2D eigenvalue weighted by Gasteiger charge is 2.22. The zero-order valence-corrected chi connectivity index (χ0v) is 15.8. The van der Waals surface area contributed by atoms with Crippen LogP contribution in [0, 0.1) is 0 Å². The van der Waals surface area contributed by atoms with E-state index in [-0.39, 0.29) is 5.69 Å². The lowest BCUT2D eigenvalue weighted by atomic mass is 10.2. The van der Waals surface area contributed by atoms with E-state index >= 15 is 0 Å². The molecule has 0 saturated carbocycles. The molecular weight excluding hydrogens is 368 g/mol. The number of imidazole rings is 1. The monoisotopic (exact) mass is 386 g/mol. The van der Waals surface area contributed by atoms with Gasteiger partial charge in [0.1, 0.15) is 23.1 Å². The number of aromatic nitrogens is 5. The summed E-state index contributed by atoms with van der Waals surface area (Å²) in [4.78, 5) is 33.0. The van der Waals surface area contributed by atoms with Crippen molar-refractivity contribution in [2.75, 3.05) is 44.6 Å². The summed E-state index contributed by atoms with van der Waals surface area (Å²) in [6, 6.07) is 1.70. The van der Waals surface area contributed by atoms with Crippen molar-refractivity contribution < 1.29 is 14.3 Å². The first-order valence-electron chi connectivity index (χ1n) is 8.37. The van der Waals surface area contributed by atoms with Gasteiger partial charge in [0.05, 0.1) is 20.3 Å². The first-order chi connectivity index (χ1) is 13.2. The van der Waals surface area contributed by atoms with Crippen molar-refractivity contribution in [2.45, 2.75) is 4.90 Å². The maximum absolute atomic E-state index is 12.1. The summed E-state index contributed by atoms with van der Waals surface area (Å²) in [7, 11) is 1.34. The highest BCUT2D eigenvalue weighted by molar-refractivity contribution is 7.98. The molecule has 1 aliphatic heterocycles. The van der Waals surface area contributed by atoms with Crippen molar-refractivity contribution in [3.8, 4) is 5.95 Å². The minimum Gasteiger partial charge on any atom is -0.464 e. The summed E-state index contributed by atoms with van der Waals surface area (Å²) in [5, 5.41) is 0. The summed E-state index contributed by atoms with van der Waals surface area (Å²) >= 11 is 1.50. The maximum Gasteiger partial charge on any atom is 0.356 e. The van der Waals surface area contributed by atoms with Crippen LogP contribution >= 0.6 is 11.8 Å². The molecule has 0 aromatic carbocycles. The molecule has 4 heterocycles. The number of ether oxygens (including phenoxy) is 2. The van der Waals surface area contributed by atoms with Gasteiger partial charge in [-0.1, -0.05) is 0 Å². The number of pyridine rings is 1. The van der Waals surface area contributed by atoms with E-state index in [4.69, 9.17) is 14.5 Å². The van der Waals surface area contributed by atoms with Crippen molar-refractivity contribution in [1.82, 2.24) is 24.5 Å². The number of morpholine rings is 1. The number of methoxy groups -OCH3 is 1. The quantitative estimate of drug-likeness (QED) is 0.489. The molecule has 0 aliphatic carbocycles. The molecule has 4 rings (SSSR count). The molecule has 3 aromatic heterocycles. The van der Waals surface area contributed by atoms with E-state index in [2.05, 4.69) is 19.9 Å². The number of carbonyl (C=O) groups is 1. The van der Waals surface area contributed by atoms with Gasteiger partial charge in [0, 0.05) is 30.4 Å². The topological polar surface area (TPSA) is 95.3 Å². The first-order valence-corrected chi connectivity index (χ1v) is 9.60. The van der Waals surface area contributed by atoms with E-state index in [1.165, 1.54) is 18.9 Å². The number of hydrogen-bond donors (Lipinski definition) is 0. The van der Waals surface area contributed by atoms with Gasteiger partial charge in [-0.05, 0) is 12.3 Å². The number of nitrogens with zero attached hydrogens (tertiary/aromatic N) is 6. The Bertz CT molecular complexity index is 972. The van der Waals surface area contributed by atoms with Crippen LogP contribution in [0.4, 0.5) is 5.82 Å². The Kier molecular flexibility index (Phi) is 4.90. The maximum atomic E-state index is 12.1. The van der Waals surface area contributed by atoms with Crippen LogP contribution in [0.2, 0.25) is 0 Å². The lowest BCUT2D eigenvalue weighted by molar-refractivity contribution is 0.0594. The van der Waals surface area contributed by atoms with Gasteiger partial charge < -0.3 is 14.4 Å². The van der Waals surface area contributed by atoms with Gasteiger partial charge in [-0.25, -0.2) is 19.7 Å². The molecule has 1 aliphatic rings.